The van der Waals surface area contributed by atoms with Crippen molar-refractivity contribution < 1.29 is 23.0 Å². The van der Waals surface area contributed by atoms with E-state index in [1.54, 1.807) is 6.07 Å². The molecule has 1 amide bonds. The van der Waals surface area contributed by atoms with Gasteiger partial charge >= 0.3 is 6.61 Å². The topological polar surface area (TPSA) is 78.3 Å². The number of carbonyl (C=O) groups excluding carboxylic acids is 1. The molecule has 0 saturated heterocycles. The van der Waals surface area contributed by atoms with Crippen molar-refractivity contribution in [3.8, 4) is 11.5 Å². The van der Waals surface area contributed by atoms with Gasteiger partial charge in [0.1, 0.15) is 11.6 Å². The van der Waals surface area contributed by atoms with Gasteiger partial charge in [-0.15, -0.1) is 10.2 Å². The molecule has 7 nitrogen and oxygen atoms in total. The summed E-state index contributed by atoms with van der Waals surface area (Å²) in [5.41, 5.74) is -0.00489. The van der Waals surface area contributed by atoms with Gasteiger partial charge in [0.25, 0.3) is 5.91 Å². The molecule has 0 radical (unpaired) electrons. The molecule has 1 aromatic carbocycles. The SMILES string of the molecule is COc1cccc(C(=O)NCCc2nnc3n2CCCCC3)c1OC(F)F. The number of para-hydroxylation sites is 1. The standard InChI is InChI=1S/C18H22F2N4O3/c1-26-13-7-5-6-12(16(13)27-18(19)20)17(25)21-10-9-15-23-22-14-8-3-2-4-11-24(14)15/h5-7,18H,2-4,8-11H2,1H3,(H,21,25). The third-order valence-corrected chi connectivity index (χ3v) is 4.47. The molecule has 1 aliphatic rings. The Morgan fingerprint density at radius 1 is 1.30 bits per heavy atom. The second-order valence-corrected chi connectivity index (χ2v) is 6.22. The maximum absolute atomic E-state index is 12.7. The average molecular weight is 380 g/mol. The first-order valence-corrected chi connectivity index (χ1v) is 8.91. The van der Waals surface area contributed by atoms with Gasteiger partial charge in [0.05, 0.1) is 12.7 Å². The third-order valence-electron chi connectivity index (χ3n) is 4.47. The lowest BCUT2D eigenvalue weighted by Gasteiger charge is -2.14. The molecule has 0 unspecified atom stereocenters. The first-order valence-electron chi connectivity index (χ1n) is 8.91. The van der Waals surface area contributed by atoms with E-state index in [1.807, 2.05) is 0 Å². The molecule has 146 valence electrons. The summed E-state index contributed by atoms with van der Waals surface area (Å²) in [6.45, 7) is -1.87. The third kappa shape index (κ3) is 4.53. The number of methoxy groups -OCH3 is 1. The Labute approximate surface area is 155 Å². The number of aromatic nitrogens is 3. The number of rotatable bonds is 7. The van der Waals surface area contributed by atoms with Crippen LogP contribution in [0.15, 0.2) is 18.2 Å². The number of nitrogens with one attached hydrogen (secondary N) is 1. The van der Waals surface area contributed by atoms with Crippen molar-refractivity contribution in [2.24, 2.45) is 0 Å². The van der Waals surface area contributed by atoms with Crippen molar-refractivity contribution in [2.75, 3.05) is 13.7 Å². The zero-order valence-corrected chi connectivity index (χ0v) is 15.1. The van der Waals surface area contributed by atoms with Crippen LogP contribution in [0.3, 0.4) is 0 Å². The molecule has 3 rings (SSSR count). The van der Waals surface area contributed by atoms with E-state index in [2.05, 4.69) is 24.8 Å². The highest BCUT2D eigenvalue weighted by Gasteiger charge is 2.20. The molecule has 0 spiro atoms. The monoisotopic (exact) mass is 380 g/mol. The van der Waals surface area contributed by atoms with Crippen molar-refractivity contribution in [1.82, 2.24) is 20.1 Å². The Hall–Kier alpha value is -2.71. The molecule has 0 saturated carbocycles. The Kier molecular flexibility index (Phi) is 6.20. The molecule has 1 N–H and O–H groups in total. The predicted octanol–water partition coefficient (Wildman–Crippen LogP) is 2.59. The number of alkyl halides is 2. The highest BCUT2D eigenvalue weighted by molar-refractivity contribution is 5.97. The van der Waals surface area contributed by atoms with Crippen molar-refractivity contribution in [1.29, 1.82) is 0 Å². The van der Waals surface area contributed by atoms with Gasteiger partial charge in [0.2, 0.25) is 0 Å². The lowest BCUT2D eigenvalue weighted by atomic mass is 10.1. The molecular weight excluding hydrogens is 358 g/mol. The molecule has 2 aromatic rings. The lowest BCUT2D eigenvalue weighted by Crippen LogP contribution is -2.27. The molecule has 0 aliphatic carbocycles. The van der Waals surface area contributed by atoms with E-state index in [1.165, 1.54) is 25.7 Å². The van der Waals surface area contributed by atoms with Gasteiger partial charge in [-0.1, -0.05) is 12.5 Å². The van der Waals surface area contributed by atoms with E-state index < -0.39 is 12.5 Å². The second-order valence-electron chi connectivity index (χ2n) is 6.22. The maximum atomic E-state index is 12.7. The van der Waals surface area contributed by atoms with Crippen molar-refractivity contribution >= 4 is 5.91 Å². The van der Waals surface area contributed by atoms with Crippen LogP contribution >= 0.6 is 0 Å². The summed E-state index contributed by atoms with van der Waals surface area (Å²) in [6, 6.07) is 4.42. The largest absolute Gasteiger partial charge is 0.493 e. The highest BCUT2D eigenvalue weighted by Crippen LogP contribution is 2.32. The Morgan fingerprint density at radius 2 is 2.15 bits per heavy atom. The molecule has 1 aliphatic heterocycles. The molecular formula is C18H22F2N4O3. The van der Waals surface area contributed by atoms with E-state index in [0.29, 0.717) is 13.0 Å². The summed E-state index contributed by atoms with van der Waals surface area (Å²) >= 11 is 0. The fourth-order valence-corrected chi connectivity index (χ4v) is 3.18. The van der Waals surface area contributed by atoms with Crippen LogP contribution in [-0.2, 0) is 19.4 Å². The van der Waals surface area contributed by atoms with E-state index in [4.69, 9.17) is 4.74 Å². The molecule has 27 heavy (non-hydrogen) atoms. The van der Waals surface area contributed by atoms with Gasteiger partial charge in [0, 0.05) is 25.9 Å². The normalized spacial score (nSPS) is 13.8. The zero-order valence-electron chi connectivity index (χ0n) is 15.1. The number of hydrogen-bond donors (Lipinski definition) is 1. The number of benzene rings is 1. The fourth-order valence-electron chi connectivity index (χ4n) is 3.18. The van der Waals surface area contributed by atoms with E-state index in [0.717, 1.165) is 37.5 Å². The van der Waals surface area contributed by atoms with Crippen molar-refractivity contribution in [3.05, 3.63) is 35.4 Å². The van der Waals surface area contributed by atoms with Gasteiger partial charge in [-0.05, 0) is 25.0 Å². The molecule has 1 aromatic heterocycles. The maximum Gasteiger partial charge on any atom is 0.387 e. The number of carbonyl (C=O) groups is 1. The first kappa shape index (κ1) is 19.1. The number of halogens is 2. The van der Waals surface area contributed by atoms with Crippen LogP contribution in [0.2, 0.25) is 0 Å². The summed E-state index contributed by atoms with van der Waals surface area (Å²) in [6.07, 6.45) is 4.79. The van der Waals surface area contributed by atoms with Gasteiger partial charge in [-0.25, -0.2) is 0 Å². The van der Waals surface area contributed by atoms with Crippen LogP contribution in [-0.4, -0.2) is 40.9 Å². The smallest absolute Gasteiger partial charge is 0.387 e. The predicted molar refractivity (Wildman–Crippen MR) is 93.2 cm³/mol. The summed E-state index contributed by atoms with van der Waals surface area (Å²) in [5.74, 6) is 1.09. The van der Waals surface area contributed by atoms with Crippen molar-refractivity contribution in [3.63, 3.8) is 0 Å². The molecule has 9 heteroatoms. The summed E-state index contributed by atoms with van der Waals surface area (Å²) < 4.78 is 37.0. The first-order chi connectivity index (χ1) is 13.1. The van der Waals surface area contributed by atoms with Gasteiger partial charge in [-0.2, -0.15) is 8.78 Å². The number of amides is 1. The second kappa shape index (κ2) is 8.79. The van der Waals surface area contributed by atoms with Crippen LogP contribution in [0, 0.1) is 0 Å². The summed E-state index contributed by atoms with van der Waals surface area (Å²) in [4.78, 5) is 12.5. The molecule has 2 heterocycles. The quantitative estimate of drug-likeness (QED) is 0.799. The lowest BCUT2D eigenvalue weighted by molar-refractivity contribution is -0.0515. The molecule has 0 bridgehead atoms. The van der Waals surface area contributed by atoms with Crippen LogP contribution in [0.1, 0.15) is 41.3 Å². The highest BCUT2D eigenvalue weighted by atomic mass is 19.3. The summed E-state index contributed by atoms with van der Waals surface area (Å²) in [7, 11) is 1.33. The number of aryl methyl sites for hydroxylation is 1. The van der Waals surface area contributed by atoms with Crippen LogP contribution in [0.25, 0.3) is 0 Å². The van der Waals surface area contributed by atoms with E-state index in [-0.39, 0.29) is 17.1 Å². The Balaban J connectivity index is 1.66. The van der Waals surface area contributed by atoms with Crippen molar-refractivity contribution in [2.45, 2.75) is 45.3 Å². The van der Waals surface area contributed by atoms with Gasteiger partial charge in [-0.3, -0.25) is 4.79 Å². The minimum Gasteiger partial charge on any atom is -0.493 e. The minimum absolute atomic E-state index is 0.00489. The molecule has 0 fully saturated rings. The van der Waals surface area contributed by atoms with Crippen LogP contribution < -0.4 is 14.8 Å². The number of nitrogens with zero attached hydrogens (tertiary/aromatic N) is 3. The Morgan fingerprint density at radius 3 is 2.93 bits per heavy atom. The fraction of sp³-hybridized carbons (Fsp3) is 0.500. The van der Waals surface area contributed by atoms with E-state index >= 15 is 0 Å². The number of fused-ring (bicyclic) bond motifs is 1. The zero-order chi connectivity index (χ0) is 19.2. The summed E-state index contributed by atoms with van der Waals surface area (Å²) in [5, 5.41) is 11.2. The Bertz CT molecular complexity index is 795. The van der Waals surface area contributed by atoms with Gasteiger partial charge < -0.3 is 19.4 Å². The number of hydrogen-bond acceptors (Lipinski definition) is 5. The molecule has 0 atom stereocenters. The van der Waals surface area contributed by atoms with E-state index in [9.17, 15) is 13.6 Å². The number of ether oxygens (including phenoxy) is 2. The van der Waals surface area contributed by atoms with Crippen LogP contribution in [0.5, 0.6) is 11.5 Å². The van der Waals surface area contributed by atoms with Crippen LogP contribution in [0.4, 0.5) is 8.78 Å². The van der Waals surface area contributed by atoms with Gasteiger partial charge in [0.15, 0.2) is 11.5 Å². The average Bonchev–Trinajstić information content (AvgIpc) is 2.87. The minimum atomic E-state index is -3.06.